The van der Waals surface area contributed by atoms with Crippen molar-refractivity contribution >= 4 is 11.8 Å². The summed E-state index contributed by atoms with van der Waals surface area (Å²) in [5, 5.41) is 0. The van der Waals surface area contributed by atoms with E-state index in [0.29, 0.717) is 25.2 Å². The molecule has 5 heteroatoms. The van der Waals surface area contributed by atoms with Gasteiger partial charge in [0.05, 0.1) is 6.61 Å². The van der Waals surface area contributed by atoms with E-state index in [2.05, 4.69) is 0 Å². The number of halogens is 1. The quantitative estimate of drug-likeness (QED) is 0.397. The highest BCUT2D eigenvalue weighted by molar-refractivity contribution is 5.96. The molecule has 0 unspecified atom stereocenters. The fraction of sp³-hybridized carbons (Fsp3) is 0.467. The van der Waals surface area contributed by atoms with Crippen LogP contribution >= 0.6 is 0 Å². The Morgan fingerprint density at radius 3 is 2.45 bits per heavy atom. The van der Waals surface area contributed by atoms with Crippen molar-refractivity contribution in [2.24, 2.45) is 0 Å². The molecule has 0 aromatic heterocycles. The van der Waals surface area contributed by atoms with Gasteiger partial charge in [0, 0.05) is 25.0 Å². The van der Waals surface area contributed by atoms with Crippen molar-refractivity contribution in [2.75, 3.05) is 19.8 Å². The number of hydrogen-bond acceptors (Lipinski definition) is 4. The van der Waals surface area contributed by atoms with E-state index >= 15 is 0 Å². The number of carbonyl (C=O) groups excluding carboxylic acids is 2. The van der Waals surface area contributed by atoms with E-state index in [4.69, 9.17) is 9.47 Å². The first-order valence-electron chi connectivity index (χ1n) is 6.65. The van der Waals surface area contributed by atoms with E-state index in [1.54, 1.807) is 0 Å². The third-order valence-electron chi connectivity index (χ3n) is 2.65. The summed E-state index contributed by atoms with van der Waals surface area (Å²) in [5.74, 6) is -0.817. The smallest absolute Gasteiger partial charge is 0.305 e. The molecule has 0 aliphatic heterocycles. The number of benzene rings is 1. The topological polar surface area (TPSA) is 52.6 Å². The Bertz CT molecular complexity index is 428. The third-order valence-corrected chi connectivity index (χ3v) is 2.65. The fourth-order valence-electron chi connectivity index (χ4n) is 1.60. The predicted molar refractivity (Wildman–Crippen MR) is 72.0 cm³/mol. The lowest BCUT2D eigenvalue weighted by Crippen LogP contribution is -2.11. The Balaban J connectivity index is 2.18. The molecule has 0 amide bonds. The summed E-state index contributed by atoms with van der Waals surface area (Å²) in [7, 11) is 0. The first-order valence-corrected chi connectivity index (χ1v) is 6.65. The van der Waals surface area contributed by atoms with Crippen molar-refractivity contribution in [1.29, 1.82) is 0 Å². The average molecular weight is 282 g/mol. The molecule has 0 aliphatic rings. The van der Waals surface area contributed by atoms with Crippen LogP contribution in [0.2, 0.25) is 0 Å². The first-order chi connectivity index (χ1) is 9.63. The Labute approximate surface area is 117 Å². The Morgan fingerprint density at radius 1 is 1.10 bits per heavy atom. The van der Waals surface area contributed by atoms with Crippen molar-refractivity contribution < 1.29 is 23.5 Å². The monoisotopic (exact) mass is 282 g/mol. The van der Waals surface area contributed by atoms with Crippen LogP contribution in [0.15, 0.2) is 24.3 Å². The molecule has 0 atom stereocenters. The van der Waals surface area contributed by atoms with Gasteiger partial charge in [0.15, 0.2) is 5.78 Å². The Kier molecular flexibility index (Phi) is 7.50. The summed E-state index contributed by atoms with van der Waals surface area (Å²) in [6.45, 7) is 3.07. The summed E-state index contributed by atoms with van der Waals surface area (Å²) in [6, 6.07) is 5.38. The molecule has 0 fully saturated rings. The molecular weight excluding hydrogens is 263 g/mol. The second kappa shape index (κ2) is 9.20. The third kappa shape index (κ3) is 6.43. The van der Waals surface area contributed by atoms with Crippen LogP contribution in [-0.2, 0) is 14.3 Å². The number of ether oxygens (including phenoxy) is 2. The molecule has 0 spiro atoms. The second-order valence-electron chi connectivity index (χ2n) is 4.20. The maximum atomic E-state index is 12.7. The van der Waals surface area contributed by atoms with Crippen molar-refractivity contribution in [3.63, 3.8) is 0 Å². The lowest BCUT2D eigenvalue weighted by molar-refractivity contribution is -0.145. The standard InChI is InChI=1S/C15H19FO4/c1-2-19-10-11-20-15(18)5-3-4-14(17)12-6-8-13(16)9-7-12/h6-9H,2-5,10-11H2,1H3. The summed E-state index contributed by atoms with van der Waals surface area (Å²) < 4.78 is 22.7. The Morgan fingerprint density at radius 2 is 1.80 bits per heavy atom. The average Bonchev–Trinajstić information content (AvgIpc) is 2.44. The van der Waals surface area contributed by atoms with Gasteiger partial charge in [-0.3, -0.25) is 9.59 Å². The van der Waals surface area contributed by atoms with Crippen LogP contribution < -0.4 is 0 Å². The highest BCUT2D eigenvalue weighted by Crippen LogP contribution is 2.08. The maximum Gasteiger partial charge on any atom is 0.305 e. The van der Waals surface area contributed by atoms with Crippen LogP contribution in [-0.4, -0.2) is 31.6 Å². The van der Waals surface area contributed by atoms with Gasteiger partial charge in [-0.25, -0.2) is 4.39 Å². The zero-order valence-electron chi connectivity index (χ0n) is 11.6. The molecule has 0 N–H and O–H groups in total. The largest absolute Gasteiger partial charge is 0.463 e. The van der Waals surface area contributed by atoms with Crippen LogP contribution in [0.25, 0.3) is 0 Å². The minimum atomic E-state index is -0.376. The number of rotatable bonds is 9. The van der Waals surface area contributed by atoms with Gasteiger partial charge in [-0.2, -0.15) is 0 Å². The van der Waals surface area contributed by atoms with E-state index in [-0.39, 0.29) is 37.0 Å². The van der Waals surface area contributed by atoms with Crippen molar-refractivity contribution in [2.45, 2.75) is 26.2 Å². The van der Waals surface area contributed by atoms with Gasteiger partial charge in [0.25, 0.3) is 0 Å². The molecule has 4 nitrogen and oxygen atoms in total. The zero-order valence-corrected chi connectivity index (χ0v) is 11.6. The van der Waals surface area contributed by atoms with Gasteiger partial charge < -0.3 is 9.47 Å². The van der Waals surface area contributed by atoms with Gasteiger partial charge in [-0.15, -0.1) is 0 Å². The highest BCUT2D eigenvalue weighted by atomic mass is 19.1. The van der Waals surface area contributed by atoms with Gasteiger partial charge in [0.1, 0.15) is 12.4 Å². The number of carbonyl (C=O) groups is 2. The molecular formula is C15H19FO4. The van der Waals surface area contributed by atoms with Gasteiger partial charge in [-0.05, 0) is 37.6 Å². The molecule has 0 heterocycles. The molecule has 1 aromatic rings. The van der Waals surface area contributed by atoms with Crippen molar-refractivity contribution in [3.8, 4) is 0 Å². The second-order valence-corrected chi connectivity index (χ2v) is 4.20. The minimum absolute atomic E-state index is 0.105. The van der Waals surface area contributed by atoms with Crippen molar-refractivity contribution in [3.05, 3.63) is 35.6 Å². The normalized spacial score (nSPS) is 10.3. The van der Waals surface area contributed by atoms with Crippen LogP contribution in [0.5, 0.6) is 0 Å². The van der Waals surface area contributed by atoms with Gasteiger partial charge >= 0.3 is 5.97 Å². The van der Waals surface area contributed by atoms with Gasteiger partial charge in [0.2, 0.25) is 0 Å². The lowest BCUT2D eigenvalue weighted by Gasteiger charge is -2.04. The fourth-order valence-corrected chi connectivity index (χ4v) is 1.60. The maximum absolute atomic E-state index is 12.7. The number of hydrogen-bond donors (Lipinski definition) is 0. The van der Waals surface area contributed by atoms with E-state index in [1.165, 1.54) is 24.3 Å². The van der Waals surface area contributed by atoms with E-state index in [9.17, 15) is 14.0 Å². The molecule has 0 saturated heterocycles. The van der Waals surface area contributed by atoms with Crippen LogP contribution in [0.3, 0.4) is 0 Å². The van der Waals surface area contributed by atoms with Crippen LogP contribution in [0.4, 0.5) is 4.39 Å². The molecule has 0 bridgehead atoms. The predicted octanol–water partition coefficient (Wildman–Crippen LogP) is 2.76. The van der Waals surface area contributed by atoms with Crippen LogP contribution in [0.1, 0.15) is 36.5 Å². The number of ketones is 1. The Hall–Kier alpha value is -1.75. The molecule has 0 aliphatic carbocycles. The number of Topliss-reactive ketones (excluding diaryl/α,β-unsaturated/α-hetero) is 1. The molecule has 0 saturated carbocycles. The van der Waals surface area contributed by atoms with Gasteiger partial charge in [-0.1, -0.05) is 0 Å². The first kappa shape index (κ1) is 16.3. The number of esters is 1. The van der Waals surface area contributed by atoms with Crippen molar-refractivity contribution in [1.82, 2.24) is 0 Å². The highest BCUT2D eigenvalue weighted by Gasteiger charge is 2.08. The summed E-state index contributed by atoms with van der Waals surface area (Å²) in [5.41, 5.74) is 0.455. The minimum Gasteiger partial charge on any atom is -0.463 e. The molecule has 1 rings (SSSR count). The van der Waals surface area contributed by atoms with E-state index < -0.39 is 0 Å². The summed E-state index contributed by atoms with van der Waals surface area (Å²) >= 11 is 0. The molecule has 1 aromatic carbocycles. The zero-order chi connectivity index (χ0) is 14.8. The SMILES string of the molecule is CCOCCOC(=O)CCCC(=O)c1ccc(F)cc1. The van der Waals surface area contributed by atoms with Crippen LogP contribution in [0, 0.1) is 5.82 Å². The lowest BCUT2D eigenvalue weighted by atomic mass is 10.1. The summed E-state index contributed by atoms with van der Waals surface area (Å²) in [4.78, 5) is 23.1. The van der Waals surface area contributed by atoms with E-state index in [0.717, 1.165) is 0 Å². The molecule has 110 valence electrons. The van der Waals surface area contributed by atoms with E-state index in [1.807, 2.05) is 6.92 Å². The summed E-state index contributed by atoms with van der Waals surface area (Å²) in [6.07, 6.45) is 0.856. The molecule has 0 radical (unpaired) electrons. The molecule has 20 heavy (non-hydrogen) atoms.